The van der Waals surface area contributed by atoms with Crippen molar-refractivity contribution in [3.8, 4) is 11.3 Å². The molecule has 30 heavy (non-hydrogen) atoms. The minimum atomic E-state index is -0.123. The number of carbonyl (C=O) groups excluding carboxylic acids is 1. The molecule has 1 aromatic heterocycles. The van der Waals surface area contributed by atoms with Crippen molar-refractivity contribution in [1.82, 2.24) is 10.3 Å². The van der Waals surface area contributed by atoms with Crippen LogP contribution in [0.2, 0.25) is 0 Å². The Balaban J connectivity index is 1.85. The van der Waals surface area contributed by atoms with Gasteiger partial charge in [0.15, 0.2) is 0 Å². The number of benzene rings is 3. The van der Waals surface area contributed by atoms with Gasteiger partial charge in [0, 0.05) is 23.1 Å². The number of amides is 1. The van der Waals surface area contributed by atoms with E-state index in [9.17, 15) is 4.79 Å². The Kier molecular flexibility index (Phi) is 5.87. The number of hydrogen-bond donors (Lipinski definition) is 2. The van der Waals surface area contributed by atoms with Crippen LogP contribution in [0.4, 0.5) is 0 Å². The molecule has 1 amide bonds. The molecule has 1 atom stereocenters. The van der Waals surface area contributed by atoms with E-state index in [1.54, 1.807) is 0 Å². The Hall–Kier alpha value is -3.50. The largest absolute Gasteiger partial charge is 0.345 e. The van der Waals surface area contributed by atoms with Crippen LogP contribution in [0.5, 0.6) is 0 Å². The number of para-hydroxylation sites is 1. The molecule has 4 aromatic rings. The first-order valence-electron chi connectivity index (χ1n) is 10.3. The summed E-state index contributed by atoms with van der Waals surface area (Å²) in [6.07, 6.45) is 0.794. The SMILES string of the molecule is CC[C@H](NC(=O)c1c(CN)c(-c2ccccc2)nc2ccccc12)c1ccccc1. The lowest BCUT2D eigenvalue weighted by Gasteiger charge is -2.21. The maximum absolute atomic E-state index is 13.6. The standard InChI is InChI=1S/C26H25N3O/c1-2-22(18-11-5-3-6-12-18)29-26(30)24-20-15-9-10-16-23(20)28-25(21(24)17-27)19-13-7-4-8-14-19/h3-16,22H,2,17,27H2,1H3,(H,29,30)/t22-/m0/s1. The fraction of sp³-hybridized carbons (Fsp3) is 0.154. The summed E-state index contributed by atoms with van der Waals surface area (Å²) in [5.41, 5.74) is 11.1. The van der Waals surface area contributed by atoms with E-state index in [2.05, 4.69) is 12.2 Å². The third-order valence-electron chi connectivity index (χ3n) is 5.39. The highest BCUT2D eigenvalue weighted by Crippen LogP contribution is 2.30. The number of nitrogens with two attached hydrogens (primary N) is 1. The summed E-state index contributed by atoms with van der Waals surface area (Å²) in [6.45, 7) is 2.30. The Morgan fingerprint density at radius 3 is 2.23 bits per heavy atom. The topological polar surface area (TPSA) is 68.0 Å². The first-order chi connectivity index (χ1) is 14.7. The van der Waals surface area contributed by atoms with Crippen molar-refractivity contribution in [2.45, 2.75) is 25.9 Å². The number of nitrogens with one attached hydrogen (secondary N) is 1. The Morgan fingerprint density at radius 2 is 1.57 bits per heavy atom. The number of rotatable bonds is 6. The van der Waals surface area contributed by atoms with E-state index in [1.165, 1.54) is 0 Å². The molecule has 0 aliphatic carbocycles. The van der Waals surface area contributed by atoms with Crippen LogP contribution in [0.15, 0.2) is 84.9 Å². The van der Waals surface area contributed by atoms with E-state index in [-0.39, 0.29) is 18.5 Å². The molecule has 150 valence electrons. The van der Waals surface area contributed by atoms with E-state index < -0.39 is 0 Å². The van der Waals surface area contributed by atoms with Crippen LogP contribution in [-0.2, 0) is 6.54 Å². The molecule has 1 heterocycles. The number of aromatic nitrogens is 1. The maximum atomic E-state index is 13.6. The predicted molar refractivity (Wildman–Crippen MR) is 122 cm³/mol. The van der Waals surface area contributed by atoms with Gasteiger partial charge in [0.1, 0.15) is 0 Å². The van der Waals surface area contributed by atoms with Crippen molar-refractivity contribution >= 4 is 16.8 Å². The maximum Gasteiger partial charge on any atom is 0.252 e. The van der Waals surface area contributed by atoms with Crippen LogP contribution in [0.25, 0.3) is 22.2 Å². The van der Waals surface area contributed by atoms with Gasteiger partial charge in [-0.2, -0.15) is 0 Å². The van der Waals surface area contributed by atoms with E-state index in [4.69, 9.17) is 10.7 Å². The highest BCUT2D eigenvalue weighted by Gasteiger charge is 2.22. The van der Waals surface area contributed by atoms with E-state index in [0.29, 0.717) is 5.56 Å². The molecule has 0 saturated carbocycles. The van der Waals surface area contributed by atoms with Gasteiger partial charge in [-0.1, -0.05) is 85.8 Å². The molecule has 0 fully saturated rings. The van der Waals surface area contributed by atoms with E-state index in [0.717, 1.165) is 39.7 Å². The molecule has 3 aromatic carbocycles. The van der Waals surface area contributed by atoms with Gasteiger partial charge in [-0.15, -0.1) is 0 Å². The summed E-state index contributed by atoms with van der Waals surface area (Å²) in [7, 11) is 0. The van der Waals surface area contributed by atoms with Gasteiger partial charge in [0.25, 0.3) is 5.91 Å². The van der Waals surface area contributed by atoms with Crippen LogP contribution in [0, 0.1) is 0 Å². The van der Waals surface area contributed by atoms with Crippen molar-refractivity contribution in [1.29, 1.82) is 0 Å². The molecule has 3 N–H and O–H groups in total. The average molecular weight is 396 g/mol. The normalized spacial score (nSPS) is 11.9. The van der Waals surface area contributed by atoms with Gasteiger partial charge >= 0.3 is 0 Å². The van der Waals surface area contributed by atoms with Crippen molar-refractivity contribution in [2.75, 3.05) is 0 Å². The smallest absolute Gasteiger partial charge is 0.252 e. The molecular formula is C26H25N3O. The zero-order valence-corrected chi connectivity index (χ0v) is 17.0. The lowest BCUT2D eigenvalue weighted by atomic mass is 9.95. The summed E-state index contributed by atoms with van der Waals surface area (Å²) in [5, 5.41) is 4.04. The number of carbonyl (C=O) groups is 1. The van der Waals surface area contributed by atoms with Crippen LogP contribution < -0.4 is 11.1 Å². The van der Waals surface area contributed by atoms with Gasteiger partial charge in [-0.25, -0.2) is 4.98 Å². The minimum Gasteiger partial charge on any atom is -0.345 e. The summed E-state index contributed by atoms with van der Waals surface area (Å²) in [6, 6.07) is 27.6. The Bertz CT molecular complexity index is 1160. The number of hydrogen-bond acceptors (Lipinski definition) is 3. The molecule has 0 saturated heterocycles. The van der Waals surface area contributed by atoms with Gasteiger partial charge in [-0.3, -0.25) is 4.79 Å². The molecule has 0 radical (unpaired) electrons. The summed E-state index contributed by atoms with van der Waals surface area (Å²) >= 11 is 0. The van der Waals surface area contributed by atoms with Crippen molar-refractivity contribution in [2.24, 2.45) is 5.73 Å². The summed E-state index contributed by atoms with van der Waals surface area (Å²) in [4.78, 5) is 18.4. The van der Waals surface area contributed by atoms with Crippen LogP contribution in [0.1, 0.15) is 40.9 Å². The average Bonchev–Trinajstić information content (AvgIpc) is 2.82. The predicted octanol–water partition coefficient (Wildman–Crippen LogP) is 5.24. The monoisotopic (exact) mass is 395 g/mol. The Morgan fingerprint density at radius 1 is 0.933 bits per heavy atom. The van der Waals surface area contributed by atoms with Gasteiger partial charge in [0.05, 0.1) is 22.8 Å². The molecule has 4 heteroatoms. The quantitative estimate of drug-likeness (QED) is 0.469. The molecule has 0 spiro atoms. The first-order valence-corrected chi connectivity index (χ1v) is 10.3. The lowest BCUT2D eigenvalue weighted by Crippen LogP contribution is -2.30. The van der Waals surface area contributed by atoms with Crippen molar-refractivity contribution in [3.63, 3.8) is 0 Å². The number of pyridine rings is 1. The second-order valence-corrected chi connectivity index (χ2v) is 7.25. The van der Waals surface area contributed by atoms with Crippen LogP contribution in [-0.4, -0.2) is 10.9 Å². The number of nitrogens with zero attached hydrogens (tertiary/aromatic N) is 1. The van der Waals surface area contributed by atoms with E-state index >= 15 is 0 Å². The van der Waals surface area contributed by atoms with Crippen LogP contribution >= 0.6 is 0 Å². The number of fused-ring (bicyclic) bond motifs is 1. The lowest BCUT2D eigenvalue weighted by molar-refractivity contribution is 0.0936. The van der Waals surface area contributed by atoms with Gasteiger partial charge < -0.3 is 11.1 Å². The van der Waals surface area contributed by atoms with Crippen molar-refractivity contribution in [3.05, 3.63) is 102 Å². The minimum absolute atomic E-state index is 0.0728. The fourth-order valence-corrected chi connectivity index (χ4v) is 3.88. The molecule has 0 aliphatic heterocycles. The third kappa shape index (κ3) is 3.82. The fourth-order valence-electron chi connectivity index (χ4n) is 3.88. The second kappa shape index (κ2) is 8.89. The van der Waals surface area contributed by atoms with Gasteiger partial charge in [0.2, 0.25) is 0 Å². The highest BCUT2D eigenvalue weighted by molar-refractivity contribution is 6.09. The molecular weight excluding hydrogens is 370 g/mol. The van der Waals surface area contributed by atoms with Crippen molar-refractivity contribution < 1.29 is 4.79 Å². The zero-order valence-electron chi connectivity index (χ0n) is 17.0. The second-order valence-electron chi connectivity index (χ2n) is 7.25. The van der Waals surface area contributed by atoms with Crippen LogP contribution in [0.3, 0.4) is 0 Å². The zero-order chi connectivity index (χ0) is 20.9. The summed E-state index contributed by atoms with van der Waals surface area (Å²) in [5.74, 6) is -0.123. The highest BCUT2D eigenvalue weighted by atomic mass is 16.1. The third-order valence-corrected chi connectivity index (χ3v) is 5.39. The molecule has 0 unspecified atom stereocenters. The van der Waals surface area contributed by atoms with Gasteiger partial charge in [-0.05, 0) is 18.1 Å². The van der Waals surface area contributed by atoms with E-state index in [1.807, 2.05) is 84.9 Å². The molecule has 0 bridgehead atoms. The summed E-state index contributed by atoms with van der Waals surface area (Å²) < 4.78 is 0. The molecule has 0 aliphatic rings. The Labute approximate surface area is 176 Å². The first kappa shape index (κ1) is 19.8. The molecule has 4 rings (SSSR count). The molecule has 4 nitrogen and oxygen atoms in total.